The van der Waals surface area contributed by atoms with Crippen LogP contribution in [0.5, 0.6) is 0 Å². The number of hydrogen-bond donors (Lipinski definition) is 1. The highest BCUT2D eigenvalue weighted by molar-refractivity contribution is 7.11. The number of carbonyl (C=O) groups excluding carboxylic acids is 1. The lowest BCUT2D eigenvalue weighted by Gasteiger charge is -2.14. The van der Waals surface area contributed by atoms with Crippen molar-refractivity contribution in [2.24, 2.45) is 0 Å². The Labute approximate surface area is 113 Å². The van der Waals surface area contributed by atoms with Crippen molar-refractivity contribution in [3.05, 3.63) is 34.9 Å². The molecule has 1 amide bonds. The van der Waals surface area contributed by atoms with E-state index in [1.807, 2.05) is 0 Å². The van der Waals surface area contributed by atoms with E-state index in [4.69, 9.17) is 9.52 Å². The largest absolute Gasteiger partial charge is 0.478 e. The van der Waals surface area contributed by atoms with E-state index in [1.54, 1.807) is 19.9 Å². The van der Waals surface area contributed by atoms with Crippen molar-refractivity contribution >= 4 is 28.4 Å². The third-order valence-electron chi connectivity index (χ3n) is 2.65. The number of aryl methyl sites for hydroxylation is 2. The summed E-state index contributed by atoms with van der Waals surface area (Å²) in [7, 11) is 1.52. The number of aromatic carboxylic acids is 1. The molecular weight excluding hydrogens is 268 g/mol. The minimum atomic E-state index is -1.09. The van der Waals surface area contributed by atoms with Crippen molar-refractivity contribution in [1.29, 1.82) is 0 Å². The summed E-state index contributed by atoms with van der Waals surface area (Å²) in [5.74, 6) is -0.803. The molecule has 100 valence electrons. The van der Waals surface area contributed by atoms with Gasteiger partial charge < -0.3 is 14.4 Å². The molecule has 2 rings (SSSR count). The summed E-state index contributed by atoms with van der Waals surface area (Å²) >= 11 is 0.986. The number of carbonyl (C=O) groups is 2. The van der Waals surface area contributed by atoms with Crippen LogP contribution in [0, 0.1) is 13.8 Å². The van der Waals surface area contributed by atoms with E-state index in [0.717, 1.165) is 11.5 Å². The van der Waals surface area contributed by atoms with Gasteiger partial charge in [-0.15, -0.1) is 0 Å². The van der Waals surface area contributed by atoms with Crippen LogP contribution in [0.2, 0.25) is 0 Å². The number of amides is 1. The van der Waals surface area contributed by atoms with Crippen molar-refractivity contribution in [2.75, 3.05) is 11.9 Å². The first kappa shape index (κ1) is 13.3. The van der Waals surface area contributed by atoms with Gasteiger partial charge in [0.05, 0.1) is 11.3 Å². The molecule has 0 radical (unpaired) electrons. The van der Waals surface area contributed by atoms with Gasteiger partial charge in [0.1, 0.15) is 22.6 Å². The van der Waals surface area contributed by atoms with Crippen LogP contribution in [0.4, 0.5) is 5.00 Å². The molecule has 0 bridgehead atoms. The number of carboxylic acids is 1. The lowest BCUT2D eigenvalue weighted by atomic mass is 10.2. The zero-order valence-electron chi connectivity index (χ0n) is 10.6. The second-order valence-electron chi connectivity index (χ2n) is 4.06. The molecule has 0 aliphatic heterocycles. The maximum absolute atomic E-state index is 12.2. The van der Waals surface area contributed by atoms with Crippen molar-refractivity contribution in [3.8, 4) is 0 Å². The Bertz CT molecular complexity index is 644. The molecule has 0 saturated heterocycles. The number of rotatable bonds is 3. The summed E-state index contributed by atoms with van der Waals surface area (Å²) < 4.78 is 9.06. The summed E-state index contributed by atoms with van der Waals surface area (Å²) in [6, 6.07) is 1.60. The molecule has 0 fully saturated rings. The van der Waals surface area contributed by atoms with E-state index in [1.165, 1.54) is 18.2 Å². The average molecular weight is 280 g/mol. The van der Waals surface area contributed by atoms with Crippen LogP contribution in [0.25, 0.3) is 0 Å². The number of hydrogen-bond acceptors (Lipinski definition) is 5. The molecule has 0 atom stereocenters. The number of aromatic nitrogens is 1. The molecule has 0 unspecified atom stereocenters. The van der Waals surface area contributed by atoms with E-state index < -0.39 is 5.97 Å². The Kier molecular flexibility index (Phi) is 3.39. The molecule has 1 N–H and O–H groups in total. The fourth-order valence-electron chi connectivity index (χ4n) is 1.67. The molecule has 6 nitrogen and oxygen atoms in total. The van der Waals surface area contributed by atoms with Gasteiger partial charge in [-0.2, -0.15) is 4.37 Å². The zero-order valence-corrected chi connectivity index (χ0v) is 11.4. The molecule has 0 aromatic carbocycles. The number of nitrogens with zero attached hydrogens (tertiary/aromatic N) is 2. The number of furan rings is 1. The third-order valence-corrected chi connectivity index (χ3v) is 3.66. The first-order chi connectivity index (χ1) is 8.91. The van der Waals surface area contributed by atoms with Gasteiger partial charge in [0.2, 0.25) is 0 Å². The van der Waals surface area contributed by atoms with E-state index in [0.29, 0.717) is 22.0 Å². The Morgan fingerprint density at radius 2 is 2.11 bits per heavy atom. The molecule has 2 heterocycles. The normalized spacial score (nSPS) is 10.5. The highest BCUT2D eigenvalue weighted by atomic mass is 32.1. The maximum Gasteiger partial charge on any atom is 0.340 e. The molecule has 2 aromatic rings. The summed E-state index contributed by atoms with van der Waals surface area (Å²) in [6.07, 6.45) is 1.35. The lowest BCUT2D eigenvalue weighted by molar-refractivity contribution is 0.0697. The van der Waals surface area contributed by atoms with Gasteiger partial charge in [0, 0.05) is 7.05 Å². The van der Waals surface area contributed by atoms with Gasteiger partial charge in [-0.05, 0) is 31.4 Å². The van der Waals surface area contributed by atoms with Crippen LogP contribution in [0.15, 0.2) is 16.7 Å². The SMILES string of the molecule is Cc1cc(C(=O)N(C)c2snc(C)c2C(=O)O)co1. The molecule has 19 heavy (non-hydrogen) atoms. The Morgan fingerprint density at radius 3 is 2.63 bits per heavy atom. The first-order valence-corrected chi connectivity index (χ1v) is 6.22. The van der Waals surface area contributed by atoms with Gasteiger partial charge in [0.15, 0.2) is 0 Å². The van der Waals surface area contributed by atoms with E-state index in [2.05, 4.69) is 4.37 Å². The Hall–Kier alpha value is -2.15. The maximum atomic E-state index is 12.2. The number of anilines is 1. The van der Waals surface area contributed by atoms with Crippen LogP contribution in [0.1, 0.15) is 32.2 Å². The Morgan fingerprint density at radius 1 is 1.42 bits per heavy atom. The first-order valence-electron chi connectivity index (χ1n) is 5.44. The second kappa shape index (κ2) is 4.85. The summed E-state index contributed by atoms with van der Waals surface area (Å²) in [5.41, 5.74) is 0.832. The minimum absolute atomic E-state index is 0.0565. The fourth-order valence-corrected chi connectivity index (χ4v) is 2.52. The highest BCUT2D eigenvalue weighted by Crippen LogP contribution is 2.29. The second-order valence-corrected chi connectivity index (χ2v) is 4.82. The quantitative estimate of drug-likeness (QED) is 0.932. The fraction of sp³-hybridized carbons (Fsp3) is 0.250. The van der Waals surface area contributed by atoms with Crippen molar-refractivity contribution < 1.29 is 19.1 Å². The van der Waals surface area contributed by atoms with Crippen LogP contribution in [-0.2, 0) is 0 Å². The van der Waals surface area contributed by atoms with Gasteiger partial charge in [0.25, 0.3) is 5.91 Å². The molecule has 7 heteroatoms. The minimum Gasteiger partial charge on any atom is -0.478 e. The van der Waals surface area contributed by atoms with E-state index >= 15 is 0 Å². The van der Waals surface area contributed by atoms with Crippen LogP contribution >= 0.6 is 11.5 Å². The van der Waals surface area contributed by atoms with Gasteiger partial charge in [-0.1, -0.05) is 0 Å². The standard InChI is InChI=1S/C12H12N2O4S/c1-6-4-8(5-18-6)10(15)14(3)11-9(12(16)17)7(2)13-19-11/h4-5H,1-3H3,(H,16,17). The average Bonchev–Trinajstić information content (AvgIpc) is 2.93. The topological polar surface area (TPSA) is 83.6 Å². The monoisotopic (exact) mass is 280 g/mol. The van der Waals surface area contributed by atoms with Gasteiger partial charge in [-0.3, -0.25) is 4.79 Å². The van der Waals surface area contributed by atoms with E-state index in [9.17, 15) is 9.59 Å². The third kappa shape index (κ3) is 2.37. The van der Waals surface area contributed by atoms with E-state index in [-0.39, 0.29) is 11.5 Å². The molecule has 2 aromatic heterocycles. The van der Waals surface area contributed by atoms with Gasteiger partial charge in [-0.25, -0.2) is 4.79 Å². The highest BCUT2D eigenvalue weighted by Gasteiger charge is 2.25. The Balaban J connectivity index is 2.37. The predicted molar refractivity (Wildman–Crippen MR) is 70.0 cm³/mol. The lowest BCUT2D eigenvalue weighted by Crippen LogP contribution is -2.26. The predicted octanol–water partition coefficient (Wildman–Crippen LogP) is 2.33. The molecule has 0 aliphatic carbocycles. The molecule has 0 saturated carbocycles. The smallest absolute Gasteiger partial charge is 0.340 e. The van der Waals surface area contributed by atoms with Crippen molar-refractivity contribution in [1.82, 2.24) is 4.37 Å². The van der Waals surface area contributed by atoms with Gasteiger partial charge >= 0.3 is 5.97 Å². The van der Waals surface area contributed by atoms with Crippen molar-refractivity contribution in [2.45, 2.75) is 13.8 Å². The summed E-state index contributed by atoms with van der Waals surface area (Å²) in [4.78, 5) is 24.7. The number of carboxylic acid groups (broad SMARTS) is 1. The molecular formula is C12H12N2O4S. The van der Waals surface area contributed by atoms with Crippen LogP contribution in [-0.4, -0.2) is 28.4 Å². The summed E-state index contributed by atoms with van der Waals surface area (Å²) in [5, 5.41) is 9.46. The summed E-state index contributed by atoms with van der Waals surface area (Å²) in [6.45, 7) is 3.33. The molecule has 0 spiro atoms. The zero-order chi connectivity index (χ0) is 14.2. The molecule has 0 aliphatic rings. The van der Waals surface area contributed by atoms with Crippen LogP contribution < -0.4 is 4.90 Å². The van der Waals surface area contributed by atoms with Crippen LogP contribution in [0.3, 0.4) is 0 Å². The van der Waals surface area contributed by atoms with Crippen molar-refractivity contribution in [3.63, 3.8) is 0 Å².